The Balaban J connectivity index is 1.80. The second-order valence-electron chi connectivity index (χ2n) is 4.20. The first-order chi connectivity index (χ1) is 8.31. The molecule has 1 fully saturated rings. The summed E-state index contributed by atoms with van der Waals surface area (Å²) >= 11 is 3.43. The molecule has 1 aliphatic rings. The molecule has 17 heavy (non-hydrogen) atoms. The van der Waals surface area contributed by atoms with Crippen molar-refractivity contribution in [3.8, 4) is 0 Å². The minimum atomic E-state index is 0.834. The van der Waals surface area contributed by atoms with E-state index in [9.17, 15) is 0 Å². The standard InChI is InChI=1S/C11H14BrN5/c12-9-1-2-11-14-10(15-17(11)7-9)8-16-5-3-13-4-6-16/h1-2,7,13H,3-6,8H2. The minimum absolute atomic E-state index is 0.834. The minimum Gasteiger partial charge on any atom is -0.314 e. The number of pyridine rings is 1. The highest BCUT2D eigenvalue weighted by molar-refractivity contribution is 9.10. The summed E-state index contributed by atoms with van der Waals surface area (Å²) < 4.78 is 2.84. The van der Waals surface area contributed by atoms with Crippen molar-refractivity contribution >= 4 is 21.6 Å². The summed E-state index contributed by atoms with van der Waals surface area (Å²) in [7, 11) is 0. The van der Waals surface area contributed by atoms with Crippen molar-refractivity contribution in [2.45, 2.75) is 6.54 Å². The van der Waals surface area contributed by atoms with Gasteiger partial charge in [0.2, 0.25) is 0 Å². The number of hydrogen-bond acceptors (Lipinski definition) is 4. The second kappa shape index (κ2) is 4.72. The molecular weight excluding hydrogens is 282 g/mol. The summed E-state index contributed by atoms with van der Waals surface area (Å²) in [6, 6.07) is 3.96. The third kappa shape index (κ3) is 2.48. The maximum absolute atomic E-state index is 4.52. The highest BCUT2D eigenvalue weighted by Gasteiger charge is 2.12. The number of halogens is 1. The summed E-state index contributed by atoms with van der Waals surface area (Å²) in [6.07, 6.45) is 1.93. The summed E-state index contributed by atoms with van der Waals surface area (Å²) in [6.45, 7) is 5.08. The van der Waals surface area contributed by atoms with E-state index in [0.717, 1.165) is 48.7 Å². The van der Waals surface area contributed by atoms with Crippen molar-refractivity contribution in [2.24, 2.45) is 0 Å². The Labute approximate surface area is 108 Å². The number of aromatic nitrogens is 3. The molecule has 1 aliphatic heterocycles. The summed E-state index contributed by atoms with van der Waals surface area (Å²) in [4.78, 5) is 6.89. The topological polar surface area (TPSA) is 45.5 Å². The van der Waals surface area contributed by atoms with E-state index >= 15 is 0 Å². The molecule has 0 spiro atoms. The van der Waals surface area contributed by atoms with Gasteiger partial charge >= 0.3 is 0 Å². The van der Waals surface area contributed by atoms with E-state index in [-0.39, 0.29) is 0 Å². The molecule has 1 N–H and O–H groups in total. The maximum Gasteiger partial charge on any atom is 0.165 e. The Morgan fingerprint density at radius 1 is 1.29 bits per heavy atom. The molecule has 6 heteroatoms. The molecule has 5 nitrogen and oxygen atoms in total. The Hall–Kier alpha value is -0.980. The number of fused-ring (bicyclic) bond motifs is 1. The molecule has 0 radical (unpaired) electrons. The van der Waals surface area contributed by atoms with Crippen LogP contribution in [-0.4, -0.2) is 45.7 Å². The Kier molecular flexibility index (Phi) is 3.09. The fourth-order valence-corrected chi connectivity index (χ4v) is 2.37. The van der Waals surface area contributed by atoms with Crippen LogP contribution in [0, 0.1) is 0 Å². The third-order valence-electron chi connectivity index (χ3n) is 2.91. The first kappa shape index (κ1) is 11.1. The predicted molar refractivity (Wildman–Crippen MR) is 68.8 cm³/mol. The fraction of sp³-hybridized carbons (Fsp3) is 0.455. The van der Waals surface area contributed by atoms with Crippen LogP contribution in [0.3, 0.4) is 0 Å². The van der Waals surface area contributed by atoms with Crippen LogP contribution in [0.25, 0.3) is 5.65 Å². The first-order valence-electron chi connectivity index (χ1n) is 5.75. The summed E-state index contributed by atoms with van der Waals surface area (Å²) in [5.41, 5.74) is 0.901. The zero-order valence-electron chi connectivity index (χ0n) is 9.43. The van der Waals surface area contributed by atoms with Crippen molar-refractivity contribution < 1.29 is 0 Å². The number of nitrogens with zero attached hydrogens (tertiary/aromatic N) is 4. The Morgan fingerprint density at radius 2 is 2.12 bits per heavy atom. The highest BCUT2D eigenvalue weighted by Crippen LogP contribution is 2.11. The van der Waals surface area contributed by atoms with Gasteiger partial charge in [0.05, 0.1) is 6.54 Å². The molecule has 0 aliphatic carbocycles. The van der Waals surface area contributed by atoms with E-state index < -0.39 is 0 Å². The van der Waals surface area contributed by atoms with E-state index in [0.29, 0.717) is 0 Å². The Bertz CT molecular complexity index is 518. The van der Waals surface area contributed by atoms with Gasteiger partial charge in [0.15, 0.2) is 11.5 Å². The zero-order chi connectivity index (χ0) is 11.7. The van der Waals surface area contributed by atoms with Gasteiger partial charge in [-0.25, -0.2) is 9.50 Å². The molecule has 2 aromatic heterocycles. The van der Waals surface area contributed by atoms with Crippen LogP contribution in [-0.2, 0) is 6.54 Å². The molecule has 0 aromatic carbocycles. The van der Waals surface area contributed by atoms with Crippen LogP contribution in [0.5, 0.6) is 0 Å². The van der Waals surface area contributed by atoms with Gasteiger partial charge in [-0.15, -0.1) is 5.10 Å². The van der Waals surface area contributed by atoms with Gasteiger partial charge in [0, 0.05) is 36.8 Å². The number of hydrogen-bond donors (Lipinski definition) is 1. The molecular formula is C11H14BrN5. The largest absolute Gasteiger partial charge is 0.314 e. The molecule has 0 amide bonds. The molecule has 0 atom stereocenters. The van der Waals surface area contributed by atoms with Crippen molar-refractivity contribution in [1.82, 2.24) is 24.8 Å². The van der Waals surface area contributed by atoms with Crippen molar-refractivity contribution in [3.05, 3.63) is 28.6 Å². The average Bonchev–Trinajstić information content (AvgIpc) is 2.71. The SMILES string of the molecule is Brc1ccc2nc(CN3CCNCC3)nn2c1. The Morgan fingerprint density at radius 3 is 2.94 bits per heavy atom. The van der Waals surface area contributed by atoms with E-state index in [1.54, 1.807) is 0 Å². The quantitative estimate of drug-likeness (QED) is 0.894. The number of rotatable bonds is 2. The number of piperazine rings is 1. The summed E-state index contributed by atoms with van der Waals surface area (Å²) in [5.74, 6) is 0.894. The van der Waals surface area contributed by atoms with Crippen LogP contribution in [0.4, 0.5) is 0 Å². The van der Waals surface area contributed by atoms with Gasteiger partial charge in [-0.05, 0) is 28.1 Å². The van der Waals surface area contributed by atoms with E-state index in [1.165, 1.54) is 0 Å². The molecule has 90 valence electrons. The molecule has 2 aromatic rings. The highest BCUT2D eigenvalue weighted by atomic mass is 79.9. The molecule has 0 saturated carbocycles. The van der Waals surface area contributed by atoms with Gasteiger partial charge in [-0.2, -0.15) is 0 Å². The molecule has 0 bridgehead atoms. The lowest BCUT2D eigenvalue weighted by Crippen LogP contribution is -2.43. The van der Waals surface area contributed by atoms with Gasteiger partial charge < -0.3 is 5.32 Å². The van der Waals surface area contributed by atoms with E-state index in [1.807, 2.05) is 22.8 Å². The lowest BCUT2D eigenvalue weighted by molar-refractivity contribution is 0.228. The lowest BCUT2D eigenvalue weighted by Gasteiger charge is -2.25. The second-order valence-corrected chi connectivity index (χ2v) is 5.12. The van der Waals surface area contributed by atoms with Crippen LogP contribution in [0.15, 0.2) is 22.8 Å². The summed E-state index contributed by atoms with van der Waals surface area (Å²) in [5, 5.41) is 7.82. The van der Waals surface area contributed by atoms with E-state index in [2.05, 4.69) is 36.2 Å². The molecule has 1 saturated heterocycles. The van der Waals surface area contributed by atoms with Crippen LogP contribution in [0.1, 0.15) is 5.82 Å². The monoisotopic (exact) mass is 295 g/mol. The number of nitrogens with one attached hydrogen (secondary N) is 1. The maximum atomic E-state index is 4.52. The average molecular weight is 296 g/mol. The third-order valence-corrected chi connectivity index (χ3v) is 3.38. The van der Waals surface area contributed by atoms with Crippen molar-refractivity contribution in [3.63, 3.8) is 0 Å². The van der Waals surface area contributed by atoms with Crippen LogP contribution >= 0.6 is 15.9 Å². The van der Waals surface area contributed by atoms with Gasteiger partial charge in [0.1, 0.15) is 0 Å². The van der Waals surface area contributed by atoms with Gasteiger partial charge in [-0.3, -0.25) is 4.90 Å². The smallest absolute Gasteiger partial charge is 0.165 e. The van der Waals surface area contributed by atoms with Crippen molar-refractivity contribution in [2.75, 3.05) is 26.2 Å². The lowest BCUT2D eigenvalue weighted by atomic mass is 10.3. The van der Waals surface area contributed by atoms with E-state index in [4.69, 9.17) is 0 Å². The van der Waals surface area contributed by atoms with Crippen molar-refractivity contribution in [1.29, 1.82) is 0 Å². The predicted octanol–water partition coefficient (Wildman–Crippen LogP) is 0.897. The molecule has 0 unspecified atom stereocenters. The zero-order valence-corrected chi connectivity index (χ0v) is 11.0. The van der Waals surface area contributed by atoms with Gasteiger partial charge in [-0.1, -0.05) is 0 Å². The first-order valence-corrected chi connectivity index (χ1v) is 6.54. The molecule has 3 heterocycles. The van der Waals surface area contributed by atoms with Crippen LogP contribution < -0.4 is 5.32 Å². The normalized spacial score (nSPS) is 17.7. The van der Waals surface area contributed by atoms with Crippen LogP contribution in [0.2, 0.25) is 0 Å². The fourth-order valence-electron chi connectivity index (χ4n) is 2.04. The van der Waals surface area contributed by atoms with Gasteiger partial charge in [0.25, 0.3) is 0 Å². The molecule has 3 rings (SSSR count).